The van der Waals surface area contributed by atoms with Crippen LogP contribution < -0.4 is 0 Å². The van der Waals surface area contributed by atoms with Crippen LogP contribution in [-0.2, 0) is 0 Å². The third-order valence-electron chi connectivity index (χ3n) is 2.14. The monoisotopic (exact) mass is 216 g/mol. The summed E-state index contributed by atoms with van der Waals surface area (Å²) in [6, 6.07) is 10.4. The maximum atomic E-state index is 4.46. The molecular weight excluding hydrogens is 204 g/mol. The first-order valence-corrected chi connectivity index (χ1v) is 5.72. The molecule has 0 fully saturated rings. The molecule has 1 heterocycles. The minimum absolute atomic E-state index is 0.190. The first-order chi connectivity index (χ1) is 7.36. The van der Waals surface area contributed by atoms with Crippen LogP contribution in [0.4, 0.5) is 0 Å². The molecule has 1 aromatic carbocycles. The molecule has 1 atom stereocenters. The van der Waals surface area contributed by atoms with E-state index in [1.165, 1.54) is 5.56 Å². The predicted molar refractivity (Wildman–Crippen MR) is 64.6 cm³/mol. The number of benzene rings is 1. The number of aromatic nitrogens is 1. The second-order valence-electron chi connectivity index (χ2n) is 3.24. The van der Waals surface area contributed by atoms with Gasteiger partial charge in [-0.1, -0.05) is 30.3 Å². The predicted octanol–water partition coefficient (Wildman–Crippen LogP) is 3.32. The van der Waals surface area contributed by atoms with Crippen LogP contribution in [0.3, 0.4) is 0 Å². The molecule has 0 aliphatic carbocycles. The fraction of sp³-hybridized carbons (Fsp3) is 0.167. The van der Waals surface area contributed by atoms with Gasteiger partial charge in [0.15, 0.2) is 0 Å². The quantitative estimate of drug-likeness (QED) is 0.722. The average Bonchev–Trinajstić information content (AvgIpc) is 2.80. The third-order valence-corrected chi connectivity index (χ3v) is 2.85. The summed E-state index contributed by atoms with van der Waals surface area (Å²) in [5, 5.41) is 2.91. The van der Waals surface area contributed by atoms with Gasteiger partial charge in [0.1, 0.15) is 5.01 Å². The lowest BCUT2D eigenvalue weighted by molar-refractivity contribution is 0.825. The van der Waals surface area contributed by atoms with Crippen molar-refractivity contribution in [3.63, 3.8) is 0 Å². The van der Waals surface area contributed by atoms with Crippen LogP contribution in [0.15, 0.2) is 46.9 Å². The number of thiazole rings is 1. The van der Waals surface area contributed by atoms with Crippen molar-refractivity contribution >= 4 is 17.6 Å². The summed E-state index contributed by atoms with van der Waals surface area (Å²) in [4.78, 5) is 8.61. The van der Waals surface area contributed by atoms with E-state index < -0.39 is 0 Å². The van der Waals surface area contributed by atoms with E-state index in [2.05, 4.69) is 29.0 Å². The van der Waals surface area contributed by atoms with Crippen LogP contribution >= 0.6 is 11.3 Å². The van der Waals surface area contributed by atoms with Crippen molar-refractivity contribution in [2.75, 3.05) is 0 Å². The van der Waals surface area contributed by atoms with E-state index >= 15 is 0 Å². The standard InChI is InChI=1S/C12H12N2S/c1-10(11-5-3-2-4-6-11)14-9-12-13-7-8-15-12/h2-10H,1H3/t10-/m0/s1. The van der Waals surface area contributed by atoms with E-state index in [4.69, 9.17) is 0 Å². The minimum atomic E-state index is 0.190. The van der Waals surface area contributed by atoms with Crippen LogP contribution in [0.2, 0.25) is 0 Å². The highest BCUT2D eigenvalue weighted by Gasteiger charge is 2.00. The average molecular weight is 216 g/mol. The lowest BCUT2D eigenvalue weighted by Crippen LogP contribution is -1.90. The molecule has 1 aromatic heterocycles. The Morgan fingerprint density at radius 2 is 2.13 bits per heavy atom. The second kappa shape index (κ2) is 4.84. The van der Waals surface area contributed by atoms with E-state index in [-0.39, 0.29) is 6.04 Å². The number of hydrogen-bond donors (Lipinski definition) is 0. The Hall–Kier alpha value is -1.48. The topological polar surface area (TPSA) is 25.2 Å². The number of hydrogen-bond acceptors (Lipinski definition) is 3. The summed E-state index contributed by atoms with van der Waals surface area (Å²) < 4.78 is 0. The van der Waals surface area contributed by atoms with Crippen LogP contribution in [0.5, 0.6) is 0 Å². The summed E-state index contributed by atoms with van der Waals surface area (Å²) in [6.45, 7) is 2.08. The molecule has 0 spiro atoms. The summed E-state index contributed by atoms with van der Waals surface area (Å²) in [5.41, 5.74) is 1.23. The van der Waals surface area contributed by atoms with E-state index in [9.17, 15) is 0 Å². The Balaban J connectivity index is 2.07. The normalized spacial score (nSPS) is 13.1. The highest BCUT2D eigenvalue weighted by Crippen LogP contribution is 2.15. The Bertz CT molecular complexity index is 420. The van der Waals surface area contributed by atoms with Crippen LogP contribution in [-0.4, -0.2) is 11.2 Å². The zero-order chi connectivity index (χ0) is 10.5. The molecular formula is C12H12N2S. The van der Waals surface area contributed by atoms with Gasteiger partial charge in [-0.2, -0.15) is 0 Å². The van der Waals surface area contributed by atoms with Crippen molar-refractivity contribution in [1.29, 1.82) is 0 Å². The molecule has 0 aliphatic rings. The zero-order valence-electron chi connectivity index (χ0n) is 8.50. The highest BCUT2D eigenvalue weighted by atomic mass is 32.1. The summed E-state index contributed by atoms with van der Waals surface area (Å²) in [6.07, 6.45) is 3.63. The van der Waals surface area contributed by atoms with Crippen molar-refractivity contribution in [1.82, 2.24) is 4.98 Å². The van der Waals surface area contributed by atoms with Crippen molar-refractivity contribution in [3.05, 3.63) is 52.5 Å². The molecule has 3 heteroatoms. The summed E-state index contributed by atoms with van der Waals surface area (Å²) in [7, 11) is 0. The Kier molecular flexibility index (Phi) is 3.25. The first kappa shape index (κ1) is 10.1. The van der Waals surface area contributed by atoms with Gasteiger partial charge in [0.05, 0.1) is 12.3 Å². The fourth-order valence-corrected chi connectivity index (χ4v) is 1.80. The van der Waals surface area contributed by atoms with Gasteiger partial charge in [0, 0.05) is 11.6 Å². The molecule has 0 amide bonds. The van der Waals surface area contributed by atoms with E-state index in [0.717, 1.165) is 5.01 Å². The molecule has 0 radical (unpaired) electrons. The van der Waals surface area contributed by atoms with Gasteiger partial charge in [0.2, 0.25) is 0 Å². The molecule has 76 valence electrons. The Labute approximate surface area is 93.3 Å². The molecule has 0 unspecified atom stereocenters. The smallest absolute Gasteiger partial charge is 0.133 e. The Morgan fingerprint density at radius 3 is 2.80 bits per heavy atom. The van der Waals surface area contributed by atoms with Crippen LogP contribution in [0.1, 0.15) is 23.5 Å². The van der Waals surface area contributed by atoms with Gasteiger partial charge in [-0.3, -0.25) is 4.99 Å². The molecule has 0 aliphatic heterocycles. The molecule has 2 nitrogen and oxygen atoms in total. The van der Waals surface area contributed by atoms with Crippen molar-refractivity contribution in [2.45, 2.75) is 13.0 Å². The van der Waals surface area contributed by atoms with Crippen LogP contribution in [0, 0.1) is 0 Å². The molecule has 2 aromatic rings. The van der Waals surface area contributed by atoms with Gasteiger partial charge < -0.3 is 0 Å². The van der Waals surface area contributed by atoms with Gasteiger partial charge in [-0.25, -0.2) is 4.98 Å². The third kappa shape index (κ3) is 2.73. The van der Waals surface area contributed by atoms with Gasteiger partial charge >= 0.3 is 0 Å². The van der Waals surface area contributed by atoms with Crippen molar-refractivity contribution in [2.24, 2.45) is 4.99 Å². The van der Waals surface area contributed by atoms with E-state index in [1.54, 1.807) is 17.5 Å². The maximum absolute atomic E-state index is 4.46. The number of rotatable bonds is 3. The zero-order valence-corrected chi connectivity index (χ0v) is 9.32. The molecule has 15 heavy (non-hydrogen) atoms. The molecule has 0 saturated carbocycles. The SMILES string of the molecule is C[C@H](N=Cc1nccs1)c1ccccc1. The maximum Gasteiger partial charge on any atom is 0.133 e. The minimum Gasteiger partial charge on any atom is -0.282 e. The molecule has 0 N–H and O–H groups in total. The lowest BCUT2D eigenvalue weighted by Gasteiger charge is -2.04. The van der Waals surface area contributed by atoms with E-state index in [1.807, 2.05) is 29.8 Å². The number of aliphatic imine (C=N–C) groups is 1. The van der Waals surface area contributed by atoms with Gasteiger partial charge in [-0.15, -0.1) is 11.3 Å². The van der Waals surface area contributed by atoms with Crippen molar-refractivity contribution < 1.29 is 0 Å². The number of nitrogens with zero attached hydrogens (tertiary/aromatic N) is 2. The molecule has 0 saturated heterocycles. The van der Waals surface area contributed by atoms with Gasteiger partial charge in [0.25, 0.3) is 0 Å². The Morgan fingerprint density at radius 1 is 1.33 bits per heavy atom. The fourth-order valence-electron chi connectivity index (χ4n) is 1.29. The lowest BCUT2D eigenvalue weighted by atomic mass is 10.1. The van der Waals surface area contributed by atoms with Crippen LogP contribution in [0.25, 0.3) is 0 Å². The highest BCUT2D eigenvalue weighted by molar-refractivity contribution is 7.11. The van der Waals surface area contributed by atoms with Crippen molar-refractivity contribution in [3.8, 4) is 0 Å². The summed E-state index contributed by atoms with van der Waals surface area (Å²) in [5.74, 6) is 0. The molecule has 2 rings (SSSR count). The largest absolute Gasteiger partial charge is 0.282 e. The molecule has 0 bridgehead atoms. The van der Waals surface area contributed by atoms with Gasteiger partial charge in [-0.05, 0) is 12.5 Å². The first-order valence-electron chi connectivity index (χ1n) is 4.84. The summed E-state index contributed by atoms with van der Waals surface area (Å²) >= 11 is 1.60. The van der Waals surface area contributed by atoms with E-state index in [0.29, 0.717) is 0 Å². The second-order valence-corrected chi connectivity index (χ2v) is 4.16.